The number of hydrogen-bond donors (Lipinski definition) is 3. The van der Waals surface area contributed by atoms with E-state index < -0.39 is 24.3 Å². The molecule has 1 aliphatic rings. The molecule has 1 aliphatic carbocycles. The molecule has 0 bridgehead atoms. The molecule has 2 aromatic heterocycles. The maximum Gasteiger partial charge on any atom is 0.407 e. The first-order valence-electron chi connectivity index (χ1n) is 22.0. The molecule has 4 amide bonds. The summed E-state index contributed by atoms with van der Waals surface area (Å²) in [5.74, 6) is 0.410. The van der Waals surface area contributed by atoms with E-state index in [0.29, 0.717) is 49.8 Å². The molecule has 14 heteroatoms. The van der Waals surface area contributed by atoms with E-state index in [0.717, 1.165) is 50.8 Å². The lowest BCUT2D eigenvalue weighted by Gasteiger charge is -2.32. The maximum absolute atomic E-state index is 14.2. The summed E-state index contributed by atoms with van der Waals surface area (Å²) in [4.78, 5) is 68.3. The lowest BCUT2D eigenvalue weighted by atomic mass is 9.91. The average Bonchev–Trinajstić information content (AvgIpc) is 3.98. The standard InChI is InChI=1S/C50H60N8O6/c1-9-25-56(47(59)44(32(4)5)54-49(61)63-7)31-43-51-29-41(53-43)40-24-23-38-27-37(21-22-39(38)28-40)34-17-19-35(20-18-34)42-30-52-46(57(42)11-3)33(6)58(26-10-2)48(60)45(55-50(62)64-8)36-15-13-12-14-16-36/h12-15,17-24,27-30,32,36,44-45H,6,9-11,16,25-26,31H2,1-5,7-8H3,(H,51,53)(H,54,61)(H,55,62). The third-order valence-corrected chi connectivity index (χ3v) is 11.5. The van der Waals surface area contributed by atoms with Gasteiger partial charge in [0.2, 0.25) is 11.8 Å². The first-order chi connectivity index (χ1) is 30.9. The van der Waals surface area contributed by atoms with Gasteiger partial charge in [0.15, 0.2) is 5.82 Å². The van der Waals surface area contributed by atoms with Gasteiger partial charge in [0, 0.05) is 31.1 Å². The number of allylic oxidation sites excluding steroid dienone is 3. The number of benzene rings is 3. The number of nitrogens with one attached hydrogen (secondary N) is 3. The Morgan fingerprint density at radius 2 is 1.45 bits per heavy atom. The van der Waals surface area contributed by atoms with Crippen LogP contribution in [0.15, 0.2) is 104 Å². The van der Waals surface area contributed by atoms with Crippen LogP contribution in [0, 0.1) is 11.8 Å². The minimum atomic E-state index is -0.842. The van der Waals surface area contributed by atoms with E-state index in [-0.39, 0.29) is 30.2 Å². The number of aromatic nitrogens is 4. The number of methoxy groups -OCH3 is 2. The number of imidazole rings is 2. The SMILES string of the molecule is C=C(c1ncc(-c2ccc(-c3ccc4cc(-c5cnc(CN(CCC)C(=O)C(NC(=O)OC)C(C)C)[nH]5)ccc4c3)cc2)n1CC)N(CCC)C(=O)C(NC(=O)OC)C1C=CC=CC1. The Labute approximate surface area is 375 Å². The number of ether oxygens (including phenoxy) is 2. The van der Waals surface area contributed by atoms with Crippen molar-refractivity contribution >= 4 is 40.5 Å². The van der Waals surface area contributed by atoms with Crippen molar-refractivity contribution in [3.63, 3.8) is 0 Å². The Morgan fingerprint density at radius 1 is 0.812 bits per heavy atom. The number of nitrogens with zero attached hydrogens (tertiary/aromatic N) is 5. The van der Waals surface area contributed by atoms with Gasteiger partial charge < -0.3 is 39.5 Å². The number of rotatable bonds is 18. The lowest BCUT2D eigenvalue weighted by molar-refractivity contribution is -0.135. The van der Waals surface area contributed by atoms with Gasteiger partial charge in [-0.3, -0.25) is 9.59 Å². The van der Waals surface area contributed by atoms with Crippen molar-refractivity contribution in [2.75, 3.05) is 27.3 Å². The van der Waals surface area contributed by atoms with E-state index in [1.54, 1.807) is 16.0 Å². The second-order valence-corrected chi connectivity index (χ2v) is 16.2. The van der Waals surface area contributed by atoms with Crippen LogP contribution in [0.5, 0.6) is 0 Å². The van der Waals surface area contributed by atoms with Gasteiger partial charge in [-0.25, -0.2) is 19.6 Å². The highest BCUT2D eigenvalue weighted by Crippen LogP contribution is 2.32. The number of carbonyl (C=O) groups excluding carboxylic acids is 4. The van der Waals surface area contributed by atoms with E-state index in [9.17, 15) is 19.2 Å². The minimum Gasteiger partial charge on any atom is -0.453 e. The normalized spacial score (nSPS) is 14.2. The Kier molecular flexibility index (Phi) is 15.6. The molecule has 336 valence electrons. The molecular formula is C50H60N8O6. The van der Waals surface area contributed by atoms with Crippen molar-refractivity contribution in [1.82, 2.24) is 40.0 Å². The zero-order valence-corrected chi connectivity index (χ0v) is 37.9. The van der Waals surface area contributed by atoms with Crippen molar-refractivity contribution in [3.8, 4) is 33.6 Å². The molecule has 5 aromatic rings. The highest BCUT2D eigenvalue weighted by Gasteiger charge is 2.35. The van der Waals surface area contributed by atoms with Crippen molar-refractivity contribution < 1.29 is 28.7 Å². The molecular weight excluding hydrogens is 809 g/mol. The molecule has 14 nitrogen and oxygen atoms in total. The summed E-state index contributed by atoms with van der Waals surface area (Å²) in [6.07, 6.45) is 12.1. The van der Waals surface area contributed by atoms with Crippen LogP contribution in [0.25, 0.3) is 50.1 Å². The summed E-state index contributed by atoms with van der Waals surface area (Å²) >= 11 is 0. The molecule has 64 heavy (non-hydrogen) atoms. The molecule has 0 spiro atoms. The zero-order valence-electron chi connectivity index (χ0n) is 37.9. The monoisotopic (exact) mass is 868 g/mol. The van der Waals surface area contributed by atoms with Gasteiger partial charge in [-0.15, -0.1) is 0 Å². The van der Waals surface area contributed by atoms with E-state index in [1.807, 2.05) is 65.1 Å². The number of H-pyrrole nitrogens is 1. The van der Waals surface area contributed by atoms with E-state index in [1.165, 1.54) is 14.2 Å². The summed E-state index contributed by atoms with van der Waals surface area (Å²) in [5.41, 5.74) is 6.27. The van der Waals surface area contributed by atoms with Crippen molar-refractivity contribution in [1.29, 1.82) is 0 Å². The predicted octanol–water partition coefficient (Wildman–Crippen LogP) is 8.97. The number of amides is 4. The number of carbonyl (C=O) groups is 4. The first-order valence-corrected chi connectivity index (χ1v) is 22.0. The highest BCUT2D eigenvalue weighted by molar-refractivity contribution is 5.93. The predicted molar refractivity (Wildman–Crippen MR) is 250 cm³/mol. The summed E-state index contributed by atoms with van der Waals surface area (Å²) in [6, 6.07) is 19.5. The highest BCUT2D eigenvalue weighted by atomic mass is 16.5. The van der Waals surface area contributed by atoms with Crippen LogP contribution < -0.4 is 10.6 Å². The summed E-state index contributed by atoms with van der Waals surface area (Å²) in [7, 11) is 2.57. The molecule has 3 N–H and O–H groups in total. The number of hydrogen-bond acceptors (Lipinski definition) is 8. The lowest BCUT2D eigenvalue weighted by Crippen LogP contribution is -2.51. The maximum atomic E-state index is 14.2. The molecule has 2 heterocycles. The zero-order chi connectivity index (χ0) is 45.9. The van der Waals surface area contributed by atoms with E-state index >= 15 is 0 Å². The Hall–Kier alpha value is -6.96. The molecule has 0 saturated heterocycles. The second-order valence-electron chi connectivity index (χ2n) is 16.2. The summed E-state index contributed by atoms with van der Waals surface area (Å²) in [5, 5.41) is 7.61. The van der Waals surface area contributed by atoms with Gasteiger partial charge in [0.05, 0.1) is 50.2 Å². The molecule has 0 saturated carbocycles. The van der Waals surface area contributed by atoms with E-state index in [4.69, 9.17) is 14.5 Å². The van der Waals surface area contributed by atoms with Gasteiger partial charge >= 0.3 is 12.2 Å². The van der Waals surface area contributed by atoms with Crippen molar-refractivity contribution in [2.45, 2.75) is 79.1 Å². The fourth-order valence-electron chi connectivity index (χ4n) is 8.06. The van der Waals surface area contributed by atoms with Gasteiger partial charge in [-0.05, 0) is 71.7 Å². The van der Waals surface area contributed by atoms with Gasteiger partial charge in [-0.1, -0.05) is 107 Å². The number of fused-ring (bicyclic) bond motifs is 1. The second kappa shape index (κ2) is 21.4. The molecule has 0 radical (unpaired) electrons. The Morgan fingerprint density at radius 3 is 2.08 bits per heavy atom. The quantitative estimate of drug-likeness (QED) is 0.0786. The molecule has 3 unspecified atom stereocenters. The number of alkyl carbamates (subject to hydrolysis) is 2. The number of aromatic amines is 1. The fourth-order valence-corrected chi connectivity index (χ4v) is 8.06. The third-order valence-electron chi connectivity index (χ3n) is 11.5. The van der Waals surface area contributed by atoms with Crippen LogP contribution in [0.2, 0.25) is 0 Å². The summed E-state index contributed by atoms with van der Waals surface area (Å²) in [6.45, 7) is 16.0. The van der Waals surface area contributed by atoms with Gasteiger partial charge in [0.1, 0.15) is 17.9 Å². The van der Waals surface area contributed by atoms with Crippen molar-refractivity contribution in [3.05, 3.63) is 116 Å². The van der Waals surface area contributed by atoms with Gasteiger partial charge in [0.25, 0.3) is 0 Å². The smallest absolute Gasteiger partial charge is 0.407 e. The molecule has 3 aromatic carbocycles. The Bertz CT molecular complexity index is 2520. The minimum absolute atomic E-state index is 0.127. The fraction of sp³-hybridized carbons (Fsp3) is 0.360. The molecule has 0 fully saturated rings. The third kappa shape index (κ3) is 10.6. The topological polar surface area (TPSA) is 164 Å². The van der Waals surface area contributed by atoms with Crippen LogP contribution >= 0.6 is 0 Å². The summed E-state index contributed by atoms with van der Waals surface area (Å²) < 4.78 is 11.7. The van der Waals surface area contributed by atoms with Crippen LogP contribution in [0.3, 0.4) is 0 Å². The largest absolute Gasteiger partial charge is 0.453 e. The molecule has 6 rings (SSSR count). The van der Waals surface area contributed by atoms with Crippen LogP contribution in [0.1, 0.15) is 65.5 Å². The van der Waals surface area contributed by atoms with Crippen LogP contribution in [-0.4, -0.2) is 92.7 Å². The van der Waals surface area contributed by atoms with Crippen LogP contribution in [0.4, 0.5) is 9.59 Å². The van der Waals surface area contributed by atoms with Crippen LogP contribution in [-0.2, 0) is 32.2 Å². The molecule has 3 atom stereocenters. The first kappa shape index (κ1) is 46.5. The average molecular weight is 869 g/mol. The van der Waals surface area contributed by atoms with E-state index in [2.05, 4.69) is 92.4 Å². The van der Waals surface area contributed by atoms with Crippen molar-refractivity contribution in [2.24, 2.45) is 11.8 Å². The molecule has 0 aliphatic heterocycles. The Balaban J connectivity index is 1.17. The van der Waals surface area contributed by atoms with Gasteiger partial charge in [-0.2, -0.15) is 0 Å².